The van der Waals surface area contributed by atoms with Crippen LogP contribution in [0.15, 0.2) is 60.3 Å². The number of carbonyl (C=O) groups is 2. The molecule has 0 saturated carbocycles. The predicted octanol–water partition coefficient (Wildman–Crippen LogP) is 4.28. The van der Waals surface area contributed by atoms with Gasteiger partial charge in [0.2, 0.25) is 0 Å². The third kappa shape index (κ3) is 4.80. The van der Waals surface area contributed by atoms with Gasteiger partial charge in [-0.1, -0.05) is 30.3 Å². The summed E-state index contributed by atoms with van der Waals surface area (Å²) >= 11 is 0. The summed E-state index contributed by atoms with van der Waals surface area (Å²) in [6.45, 7) is 2.41. The van der Waals surface area contributed by atoms with Gasteiger partial charge in [-0.3, -0.25) is 4.79 Å². The first-order chi connectivity index (χ1) is 15.1. The van der Waals surface area contributed by atoms with Gasteiger partial charge in [0.15, 0.2) is 0 Å². The van der Waals surface area contributed by atoms with Crippen LogP contribution in [0, 0.1) is 22.7 Å². The fraction of sp³-hybridized carbons (Fsp3) is 0.167. The predicted molar refractivity (Wildman–Crippen MR) is 117 cm³/mol. The minimum atomic E-state index is -0.631. The molecule has 3 rings (SSSR count). The molecule has 1 N–H and O–H groups in total. The Morgan fingerprint density at radius 3 is 2.61 bits per heavy atom. The molecule has 7 nitrogen and oxygen atoms in total. The molecule has 0 radical (unpaired) electrons. The number of hydrogen-bond acceptors (Lipinski definition) is 5. The molecule has 0 spiro atoms. The normalized spacial score (nSPS) is 10.9. The van der Waals surface area contributed by atoms with E-state index in [9.17, 15) is 14.9 Å². The number of anilines is 1. The zero-order chi connectivity index (χ0) is 22.2. The molecule has 0 atom stereocenters. The molecule has 0 aliphatic heterocycles. The molecule has 2 aromatic carbocycles. The number of nitriles is 2. The molecular weight excluding hydrogens is 392 g/mol. The van der Waals surface area contributed by atoms with Crippen molar-refractivity contribution in [2.45, 2.75) is 19.9 Å². The van der Waals surface area contributed by atoms with E-state index >= 15 is 0 Å². The van der Waals surface area contributed by atoms with Crippen LogP contribution in [-0.4, -0.2) is 23.1 Å². The Balaban J connectivity index is 1.94. The third-order valence-electron chi connectivity index (χ3n) is 4.62. The minimum Gasteiger partial charge on any atom is -0.462 e. The average molecular weight is 412 g/mol. The fourth-order valence-electron chi connectivity index (χ4n) is 3.22. The van der Waals surface area contributed by atoms with E-state index in [4.69, 9.17) is 10.00 Å². The molecule has 1 aromatic heterocycles. The van der Waals surface area contributed by atoms with Gasteiger partial charge < -0.3 is 14.6 Å². The van der Waals surface area contributed by atoms with Crippen molar-refractivity contribution >= 4 is 34.5 Å². The topological polar surface area (TPSA) is 108 Å². The number of aryl methyl sites for hydroxylation is 1. The van der Waals surface area contributed by atoms with Crippen molar-refractivity contribution in [3.63, 3.8) is 0 Å². The average Bonchev–Trinajstić information content (AvgIpc) is 3.14. The Labute approximate surface area is 179 Å². The van der Waals surface area contributed by atoms with E-state index in [1.54, 1.807) is 31.2 Å². The van der Waals surface area contributed by atoms with Gasteiger partial charge in [-0.2, -0.15) is 10.5 Å². The number of rotatable bonds is 7. The number of ether oxygens (including phenoxy) is 1. The van der Waals surface area contributed by atoms with E-state index < -0.39 is 11.9 Å². The molecule has 3 aromatic rings. The highest BCUT2D eigenvalue weighted by molar-refractivity contribution is 6.12. The van der Waals surface area contributed by atoms with Gasteiger partial charge in [0.1, 0.15) is 11.6 Å². The maximum Gasteiger partial charge on any atom is 0.340 e. The summed E-state index contributed by atoms with van der Waals surface area (Å²) in [6.07, 6.45) is 3.67. The van der Waals surface area contributed by atoms with E-state index in [2.05, 4.69) is 11.4 Å². The molecule has 1 amide bonds. The molecule has 7 heteroatoms. The Morgan fingerprint density at radius 2 is 1.87 bits per heavy atom. The number of nitrogens with one attached hydrogen (secondary N) is 1. The van der Waals surface area contributed by atoms with Gasteiger partial charge in [0, 0.05) is 29.2 Å². The summed E-state index contributed by atoms with van der Waals surface area (Å²) in [5.41, 5.74) is 1.97. The second kappa shape index (κ2) is 9.91. The van der Waals surface area contributed by atoms with Gasteiger partial charge in [-0.25, -0.2) is 4.79 Å². The first-order valence-corrected chi connectivity index (χ1v) is 9.73. The van der Waals surface area contributed by atoms with Crippen LogP contribution in [0.5, 0.6) is 0 Å². The highest BCUT2D eigenvalue weighted by Crippen LogP contribution is 2.24. The van der Waals surface area contributed by atoms with Gasteiger partial charge >= 0.3 is 5.97 Å². The molecule has 0 unspecified atom stereocenters. The molecular formula is C24H20N4O3. The number of esters is 1. The van der Waals surface area contributed by atoms with Crippen molar-refractivity contribution in [2.75, 3.05) is 11.9 Å². The van der Waals surface area contributed by atoms with Gasteiger partial charge in [0.05, 0.1) is 30.3 Å². The lowest BCUT2D eigenvalue weighted by Crippen LogP contribution is -2.17. The van der Waals surface area contributed by atoms with E-state index in [1.807, 2.05) is 41.1 Å². The number of aromatic nitrogens is 1. The van der Waals surface area contributed by atoms with Crippen LogP contribution in [0.1, 0.15) is 29.3 Å². The summed E-state index contributed by atoms with van der Waals surface area (Å²) in [5, 5.41) is 22.0. The summed E-state index contributed by atoms with van der Waals surface area (Å²) < 4.78 is 6.94. The van der Waals surface area contributed by atoms with E-state index in [0.29, 0.717) is 18.5 Å². The number of amides is 1. The summed E-state index contributed by atoms with van der Waals surface area (Å²) in [5.74, 6) is -1.19. The number of nitrogens with zero attached hydrogens (tertiary/aromatic N) is 3. The number of fused-ring (bicyclic) bond motifs is 1. The zero-order valence-electron chi connectivity index (χ0n) is 17.0. The van der Waals surface area contributed by atoms with Crippen molar-refractivity contribution in [2.24, 2.45) is 0 Å². The van der Waals surface area contributed by atoms with Crippen molar-refractivity contribution in [1.29, 1.82) is 10.5 Å². The van der Waals surface area contributed by atoms with Gasteiger partial charge in [0.25, 0.3) is 5.91 Å². The lowest BCUT2D eigenvalue weighted by molar-refractivity contribution is -0.112. The maximum atomic E-state index is 12.8. The Bertz CT molecular complexity index is 1240. The quantitative estimate of drug-likeness (QED) is 0.354. The monoisotopic (exact) mass is 412 g/mol. The maximum absolute atomic E-state index is 12.8. The van der Waals surface area contributed by atoms with Crippen LogP contribution in [-0.2, 0) is 16.1 Å². The largest absolute Gasteiger partial charge is 0.462 e. The number of para-hydroxylation sites is 2. The molecule has 0 bridgehead atoms. The van der Waals surface area contributed by atoms with Crippen molar-refractivity contribution in [3.05, 3.63) is 71.4 Å². The highest BCUT2D eigenvalue weighted by atomic mass is 16.5. The van der Waals surface area contributed by atoms with E-state index in [1.165, 1.54) is 6.08 Å². The molecule has 1 heterocycles. The number of carbonyl (C=O) groups excluding carboxylic acids is 2. The molecule has 0 aliphatic carbocycles. The Kier molecular flexibility index (Phi) is 6.82. The van der Waals surface area contributed by atoms with Crippen LogP contribution >= 0.6 is 0 Å². The Morgan fingerprint density at radius 1 is 1.13 bits per heavy atom. The second-order valence-corrected chi connectivity index (χ2v) is 6.59. The number of benzene rings is 2. The zero-order valence-corrected chi connectivity index (χ0v) is 17.0. The third-order valence-corrected chi connectivity index (χ3v) is 4.62. The summed E-state index contributed by atoms with van der Waals surface area (Å²) in [4.78, 5) is 24.9. The standard InChI is InChI=1S/C24H20N4O3/c1-2-31-24(30)20-9-3-5-10-21(20)27-23(29)17(15-26)14-18-16-28(13-7-12-25)22-11-6-4-8-19(18)22/h3-6,8-11,14,16H,2,7,13H2,1H3,(H,27,29)/b17-14+. The van der Waals surface area contributed by atoms with E-state index in [0.717, 1.165) is 10.9 Å². The van der Waals surface area contributed by atoms with Crippen LogP contribution in [0.25, 0.3) is 17.0 Å². The SMILES string of the molecule is CCOC(=O)c1ccccc1NC(=O)/C(C#N)=C/c1cn(CCC#N)c2ccccc12. The smallest absolute Gasteiger partial charge is 0.340 e. The van der Waals surface area contributed by atoms with Crippen LogP contribution in [0.3, 0.4) is 0 Å². The van der Waals surface area contributed by atoms with Crippen LogP contribution in [0.2, 0.25) is 0 Å². The van der Waals surface area contributed by atoms with Crippen LogP contribution < -0.4 is 5.32 Å². The van der Waals surface area contributed by atoms with Crippen LogP contribution in [0.4, 0.5) is 5.69 Å². The lowest BCUT2D eigenvalue weighted by atomic mass is 10.1. The molecule has 0 aliphatic rings. The van der Waals surface area contributed by atoms with Crippen molar-refractivity contribution in [3.8, 4) is 12.1 Å². The van der Waals surface area contributed by atoms with E-state index in [-0.39, 0.29) is 23.4 Å². The van der Waals surface area contributed by atoms with Crippen molar-refractivity contribution in [1.82, 2.24) is 4.57 Å². The van der Waals surface area contributed by atoms with Gasteiger partial charge in [-0.05, 0) is 31.2 Å². The number of hydrogen-bond donors (Lipinski definition) is 1. The molecule has 31 heavy (non-hydrogen) atoms. The highest BCUT2D eigenvalue weighted by Gasteiger charge is 2.17. The second-order valence-electron chi connectivity index (χ2n) is 6.59. The summed E-state index contributed by atoms with van der Waals surface area (Å²) in [6, 6.07) is 18.1. The first kappa shape index (κ1) is 21.4. The lowest BCUT2D eigenvalue weighted by Gasteiger charge is -2.09. The van der Waals surface area contributed by atoms with Crippen molar-refractivity contribution < 1.29 is 14.3 Å². The minimum absolute atomic E-state index is 0.109. The molecule has 0 fully saturated rings. The first-order valence-electron chi connectivity index (χ1n) is 9.73. The van der Waals surface area contributed by atoms with Gasteiger partial charge in [-0.15, -0.1) is 0 Å². The Hall–Kier alpha value is -4.36. The fourth-order valence-corrected chi connectivity index (χ4v) is 3.22. The molecule has 154 valence electrons. The molecule has 0 saturated heterocycles. The summed E-state index contributed by atoms with van der Waals surface area (Å²) in [7, 11) is 0.